The van der Waals surface area contributed by atoms with Gasteiger partial charge in [0.15, 0.2) is 11.6 Å². The maximum atomic E-state index is 14.0. The van der Waals surface area contributed by atoms with Crippen molar-refractivity contribution in [3.63, 3.8) is 0 Å². The van der Waals surface area contributed by atoms with E-state index in [4.69, 9.17) is 5.73 Å². The second kappa shape index (κ2) is 10.4. The molecule has 3 aliphatic rings. The number of benzene rings is 1. The summed E-state index contributed by atoms with van der Waals surface area (Å²) in [6.07, 6.45) is 0.376. The molecular formula is C28H37N3O8. The third-order valence-corrected chi connectivity index (χ3v) is 8.36. The van der Waals surface area contributed by atoms with Crippen molar-refractivity contribution in [3.8, 4) is 5.75 Å². The number of nitrogens with zero attached hydrogens (tertiary/aromatic N) is 1. The largest absolute Gasteiger partial charge is 0.510 e. The Morgan fingerprint density at radius 2 is 1.90 bits per heavy atom. The Balaban J connectivity index is 1.79. The number of Topliss-reactive ketones (excluding diaryl/α,β-unsaturated/α-hetero) is 2. The van der Waals surface area contributed by atoms with Crippen molar-refractivity contribution < 1.29 is 39.9 Å². The van der Waals surface area contributed by atoms with E-state index in [1.54, 1.807) is 25.9 Å². The number of carbonyl (C=O) groups excluding carboxylic acids is 3. The molecule has 39 heavy (non-hydrogen) atoms. The molecule has 1 aromatic rings. The molecule has 0 aliphatic heterocycles. The summed E-state index contributed by atoms with van der Waals surface area (Å²) in [6.45, 7) is 3.32. The molecular weight excluding hydrogens is 506 g/mol. The van der Waals surface area contributed by atoms with Crippen LogP contribution in [0.3, 0.4) is 0 Å². The highest BCUT2D eigenvalue weighted by molar-refractivity contribution is 6.09. The predicted molar refractivity (Wildman–Crippen MR) is 142 cm³/mol. The second-order valence-electron chi connectivity index (χ2n) is 11.3. The minimum atomic E-state index is -2.10. The molecule has 1 saturated carbocycles. The molecule has 0 saturated heterocycles. The Hall–Kier alpha value is -3.25. The van der Waals surface area contributed by atoms with E-state index < -0.39 is 64.3 Å². The Labute approximate surface area is 226 Å². The number of aliphatic hydroxyl groups excluding tert-OH is 3. The number of phenols is 1. The molecule has 0 bridgehead atoms. The van der Waals surface area contributed by atoms with Crippen molar-refractivity contribution in [2.45, 2.75) is 50.9 Å². The number of primary amides is 1. The molecule has 1 amide bonds. The summed E-state index contributed by atoms with van der Waals surface area (Å²) in [5.41, 5.74) is 3.70. The van der Waals surface area contributed by atoms with Crippen LogP contribution in [0.1, 0.15) is 48.2 Å². The van der Waals surface area contributed by atoms with E-state index in [9.17, 15) is 39.9 Å². The van der Waals surface area contributed by atoms with Crippen molar-refractivity contribution in [2.75, 3.05) is 27.2 Å². The van der Waals surface area contributed by atoms with Gasteiger partial charge in [-0.05, 0) is 83.3 Å². The topological polar surface area (TPSA) is 194 Å². The van der Waals surface area contributed by atoms with Gasteiger partial charge in [-0.2, -0.15) is 0 Å². The van der Waals surface area contributed by atoms with Gasteiger partial charge in [-0.3, -0.25) is 19.3 Å². The quantitative estimate of drug-likeness (QED) is 0.180. The van der Waals surface area contributed by atoms with Gasteiger partial charge in [0.2, 0.25) is 0 Å². The molecule has 4 rings (SSSR count). The highest BCUT2D eigenvalue weighted by Crippen LogP contribution is 2.54. The minimum absolute atomic E-state index is 0.00370. The Bertz CT molecular complexity index is 1280. The Morgan fingerprint density at radius 1 is 1.23 bits per heavy atom. The molecule has 212 valence electrons. The van der Waals surface area contributed by atoms with Crippen LogP contribution in [0.25, 0.3) is 5.76 Å². The minimum Gasteiger partial charge on any atom is -0.510 e. The molecule has 0 spiro atoms. The van der Waals surface area contributed by atoms with Crippen LogP contribution in [-0.4, -0.2) is 92.8 Å². The van der Waals surface area contributed by atoms with E-state index in [0.29, 0.717) is 24.1 Å². The van der Waals surface area contributed by atoms with Crippen LogP contribution in [-0.2, 0) is 16.0 Å². The molecule has 1 aromatic carbocycles. The first-order valence-corrected chi connectivity index (χ1v) is 13.1. The number of aromatic hydroxyl groups is 1. The number of fused-ring (bicyclic) bond motifs is 3. The van der Waals surface area contributed by atoms with Gasteiger partial charge in [0.05, 0.1) is 35.7 Å². The van der Waals surface area contributed by atoms with E-state index in [1.165, 1.54) is 19.1 Å². The normalized spacial score (nSPS) is 29.2. The molecule has 11 heteroatoms. The number of amides is 1. The van der Waals surface area contributed by atoms with Gasteiger partial charge in [0.1, 0.15) is 22.9 Å². The summed E-state index contributed by atoms with van der Waals surface area (Å²) in [6, 6.07) is 1.98. The van der Waals surface area contributed by atoms with Crippen molar-refractivity contribution >= 4 is 23.2 Å². The van der Waals surface area contributed by atoms with E-state index >= 15 is 0 Å². The van der Waals surface area contributed by atoms with Gasteiger partial charge >= 0.3 is 0 Å². The zero-order chi connectivity index (χ0) is 29.0. The van der Waals surface area contributed by atoms with E-state index in [0.717, 1.165) is 0 Å². The number of aliphatic hydroxyl groups is 4. The zero-order valence-electron chi connectivity index (χ0n) is 22.6. The number of carbonyl (C=O) groups is 3. The summed E-state index contributed by atoms with van der Waals surface area (Å²) in [5, 5.41) is 56.9. The summed E-state index contributed by atoms with van der Waals surface area (Å²) in [4.78, 5) is 41.0. The van der Waals surface area contributed by atoms with Crippen molar-refractivity contribution in [1.82, 2.24) is 10.2 Å². The van der Waals surface area contributed by atoms with Crippen molar-refractivity contribution in [2.24, 2.45) is 23.5 Å². The van der Waals surface area contributed by atoms with Gasteiger partial charge in [0, 0.05) is 11.1 Å². The number of nitrogens with two attached hydrogens (primary N) is 1. The monoisotopic (exact) mass is 543 g/mol. The van der Waals surface area contributed by atoms with Crippen molar-refractivity contribution in [3.05, 3.63) is 45.7 Å². The third kappa shape index (κ3) is 4.73. The lowest BCUT2D eigenvalue weighted by Gasteiger charge is -2.52. The standard InChI is InChI=1S/C28H37N3O8/c1-12(32)7-8-30-11-18(34)14-5-6-17(33)20-15(14)9-13-10-16-21(25(36)19(13)24(20)35)28(2,39)22(27(29)38)26(37)23(16)31(3)4/h5-6,12-13,16,21,23,30,32-33,35,37,39H,7-11H2,1-4H3,(H2,29,38)/t12?,13?,16?,21?,23-,28?/m0/s1. The SMILES string of the molecule is CC(O)CCNCC(=O)c1ccc(O)c2c1CC1CC3C(C(=O)C1=C2O)C(C)(O)C(C(N)=O)=C(O)[C@H]3N(C)C. The van der Waals surface area contributed by atoms with Gasteiger partial charge in [0.25, 0.3) is 5.91 Å². The van der Waals surface area contributed by atoms with Crippen molar-refractivity contribution in [1.29, 1.82) is 0 Å². The van der Waals surface area contributed by atoms with Crippen LogP contribution in [0.15, 0.2) is 29.0 Å². The molecule has 0 heterocycles. The molecule has 3 aliphatic carbocycles. The van der Waals surface area contributed by atoms with Gasteiger partial charge in [-0.1, -0.05) is 0 Å². The average Bonchev–Trinajstić information content (AvgIpc) is 2.80. The zero-order valence-corrected chi connectivity index (χ0v) is 22.6. The number of allylic oxidation sites excluding steroid dienone is 1. The average molecular weight is 544 g/mol. The summed E-state index contributed by atoms with van der Waals surface area (Å²) >= 11 is 0. The summed E-state index contributed by atoms with van der Waals surface area (Å²) < 4.78 is 0. The highest BCUT2D eigenvalue weighted by Gasteiger charge is 2.60. The molecule has 1 fully saturated rings. The Kier molecular flexibility index (Phi) is 7.65. The number of hydrogen-bond acceptors (Lipinski definition) is 10. The van der Waals surface area contributed by atoms with E-state index in [1.807, 2.05) is 0 Å². The fourth-order valence-corrected chi connectivity index (χ4v) is 6.76. The number of ketones is 2. The molecule has 0 radical (unpaired) electrons. The molecule has 6 atom stereocenters. The molecule has 0 aromatic heterocycles. The summed E-state index contributed by atoms with van der Waals surface area (Å²) in [5.74, 6) is -5.46. The van der Waals surface area contributed by atoms with Crippen LogP contribution in [0, 0.1) is 17.8 Å². The van der Waals surface area contributed by atoms with Crippen LogP contribution in [0.5, 0.6) is 5.75 Å². The van der Waals surface area contributed by atoms with E-state index in [-0.39, 0.29) is 42.1 Å². The fraction of sp³-hybridized carbons (Fsp3) is 0.536. The lowest BCUT2D eigenvalue weighted by Crippen LogP contribution is -2.61. The van der Waals surface area contributed by atoms with Gasteiger partial charge in [-0.25, -0.2) is 0 Å². The van der Waals surface area contributed by atoms with Crippen LogP contribution in [0.4, 0.5) is 0 Å². The molecule has 11 nitrogen and oxygen atoms in total. The number of phenolic OH excluding ortho intramolecular Hbond substituents is 1. The van der Waals surface area contributed by atoms with Gasteiger partial charge < -0.3 is 36.6 Å². The number of rotatable bonds is 8. The lowest BCUT2D eigenvalue weighted by atomic mass is 9.55. The van der Waals surface area contributed by atoms with Crippen LogP contribution >= 0.6 is 0 Å². The molecule has 8 N–H and O–H groups in total. The smallest absolute Gasteiger partial charge is 0.251 e. The second-order valence-corrected chi connectivity index (χ2v) is 11.3. The fourth-order valence-electron chi connectivity index (χ4n) is 6.76. The number of hydrogen-bond donors (Lipinski definition) is 7. The predicted octanol–water partition coefficient (Wildman–Crippen LogP) is 0.574. The number of likely N-dealkylation sites (N-methyl/N-ethyl adjacent to an activating group) is 1. The first kappa shape index (κ1) is 28.8. The lowest BCUT2D eigenvalue weighted by molar-refractivity contribution is -0.139. The molecule has 5 unspecified atom stereocenters. The first-order chi connectivity index (χ1) is 18.2. The maximum absolute atomic E-state index is 14.0. The van der Waals surface area contributed by atoms with Crippen LogP contribution < -0.4 is 11.1 Å². The highest BCUT2D eigenvalue weighted by atomic mass is 16.3. The maximum Gasteiger partial charge on any atom is 0.251 e. The number of nitrogens with one attached hydrogen (secondary N) is 1. The van der Waals surface area contributed by atoms with Gasteiger partial charge in [-0.15, -0.1) is 0 Å². The first-order valence-electron chi connectivity index (χ1n) is 13.1. The Morgan fingerprint density at radius 3 is 2.49 bits per heavy atom. The summed E-state index contributed by atoms with van der Waals surface area (Å²) in [7, 11) is 3.36. The third-order valence-electron chi connectivity index (χ3n) is 8.36. The van der Waals surface area contributed by atoms with Crippen LogP contribution in [0.2, 0.25) is 0 Å². The van der Waals surface area contributed by atoms with E-state index in [2.05, 4.69) is 5.32 Å².